The number of thiazole rings is 1. The summed E-state index contributed by atoms with van der Waals surface area (Å²) in [5.41, 5.74) is -1.80. The van der Waals surface area contributed by atoms with E-state index in [9.17, 15) is 32.0 Å². The average Bonchev–Trinajstić information content (AvgIpc) is 3.83. The van der Waals surface area contributed by atoms with Crippen LogP contribution in [-0.2, 0) is 29.1 Å². The van der Waals surface area contributed by atoms with Crippen molar-refractivity contribution in [1.29, 1.82) is 0 Å². The number of nitrogens with zero attached hydrogens (tertiary/aromatic N) is 2. The van der Waals surface area contributed by atoms with Crippen LogP contribution >= 0.6 is 11.3 Å². The molecule has 3 heterocycles. The Kier molecular flexibility index (Phi) is 9.65. The molecule has 0 radical (unpaired) electrons. The average molecular weight is 734 g/mol. The van der Waals surface area contributed by atoms with Crippen LogP contribution in [0.4, 0.5) is 9.18 Å². The number of alkyl carbamates (subject to hydrolysis) is 1. The summed E-state index contributed by atoms with van der Waals surface area (Å²) in [5, 5.41) is 5.78. The Morgan fingerprint density at radius 3 is 2.64 bits per heavy atom. The van der Waals surface area contributed by atoms with E-state index in [1.54, 1.807) is 27.7 Å². The van der Waals surface area contributed by atoms with Gasteiger partial charge in [0.15, 0.2) is 0 Å². The minimum absolute atomic E-state index is 0.0234. The molecule has 3 N–H and O–H groups in total. The van der Waals surface area contributed by atoms with Crippen molar-refractivity contribution in [2.24, 2.45) is 5.92 Å². The normalized spacial score (nSPS) is 29.0. The van der Waals surface area contributed by atoms with Crippen molar-refractivity contribution in [3.05, 3.63) is 36.2 Å². The number of sulfonamides is 1. The van der Waals surface area contributed by atoms with Crippen molar-refractivity contribution < 1.29 is 41.5 Å². The predicted octanol–water partition coefficient (Wildman–Crippen LogP) is 4.07. The standard InChI is InChI=1S/C34H44FN5O8S2/c1-32(2,3)48-30(44)36-24-11-9-7-5-6-8-10-20-18-34(20,29(43)39-50(45,46)33(4)14-15-33)38-27(41)25-17-22(19-40(25)28(24)42)47-31-37-23-13-12-21(35)16-26(23)49-31/h8,10,12-13,16,20,22,24-25H,5-7,9,11,14-15,17-19H2,1-4H3,(H,36,44)(H,38,41)(H,39,43)/b10-8-/t20-,22-,24+,25+,34-/m1/s1. The van der Waals surface area contributed by atoms with Gasteiger partial charge in [0.25, 0.3) is 11.1 Å². The van der Waals surface area contributed by atoms with Crippen LogP contribution in [0, 0.1) is 11.7 Å². The minimum atomic E-state index is -3.99. The fourth-order valence-corrected chi connectivity index (χ4v) is 8.68. The maximum absolute atomic E-state index is 14.3. The van der Waals surface area contributed by atoms with E-state index in [-0.39, 0.29) is 24.6 Å². The molecule has 2 aromatic rings. The Balaban J connectivity index is 1.29. The molecule has 16 heteroatoms. The Bertz CT molecular complexity index is 1820. The number of nitrogens with one attached hydrogen (secondary N) is 3. The van der Waals surface area contributed by atoms with Gasteiger partial charge in [-0.2, -0.15) is 0 Å². The van der Waals surface area contributed by atoms with E-state index in [0.717, 1.165) is 24.2 Å². The van der Waals surface area contributed by atoms with E-state index >= 15 is 0 Å². The number of rotatable bonds is 6. The van der Waals surface area contributed by atoms with Crippen LogP contribution in [0.5, 0.6) is 5.19 Å². The quantitative estimate of drug-likeness (QED) is 0.370. The van der Waals surface area contributed by atoms with E-state index in [4.69, 9.17) is 9.47 Å². The van der Waals surface area contributed by atoms with E-state index in [2.05, 4.69) is 20.3 Å². The number of aromatic nitrogens is 1. The lowest BCUT2D eigenvalue weighted by molar-refractivity contribution is -0.141. The first-order valence-corrected chi connectivity index (χ1v) is 19.4. The number of hydrogen-bond donors (Lipinski definition) is 3. The van der Waals surface area contributed by atoms with E-state index in [1.165, 1.54) is 23.1 Å². The Morgan fingerprint density at radius 1 is 1.16 bits per heavy atom. The summed E-state index contributed by atoms with van der Waals surface area (Å²) < 4.78 is 53.3. The molecular formula is C34H44FN5O8S2. The van der Waals surface area contributed by atoms with Crippen LogP contribution in [0.15, 0.2) is 30.4 Å². The molecule has 4 aliphatic rings. The lowest BCUT2D eigenvalue weighted by Crippen LogP contribution is -2.58. The van der Waals surface area contributed by atoms with Gasteiger partial charge in [0.1, 0.15) is 35.1 Å². The summed E-state index contributed by atoms with van der Waals surface area (Å²) in [6.45, 7) is 6.68. The van der Waals surface area contributed by atoms with Crippen LogP contribution in [0.1, 0.15) is 85.5 Å². The third kappa shape index (κ3) is 7.75. The van der Waals surface area contributed by atoms with Gasteiger partial charge in [-0.3, -0.25) is 19.1 Å². The Labute approximate surface area is 294 Å². The number of ether oxygens (including phenoxy) is 2. The molecule has 6 rings (SSSR count). The number of carbonyl (C=O) groups excluding carboxylic acids is 4. The number of amides is 4. The Hall–Kier alpha value is -3.79. The van der Waals surface area contributed by atoms with Crippen LogP contribution in [0.2, 0.25) is 0 Å². The summed E-state index contributed by atoms with van der Waals surface area (Å²) in [7, 11) is -3.99. The zero-order valence-electron chi connectivity index (χ0n) is 28.6. The molecule has 0 bridgehead atoms. The fraction of sp³-hybridized carbons (Fsp3) is 0.618. The fourth-order valence-electron chi connectivity index (χ4n) is 6.47. The first kappa shape index (κ1) is 36.0. The topological polar surface area (TPSA) is 173 Å². The van der Waals surface area contributed by atoms with Crippen molar-refractivity contribution >= 4 is 55.4 Å². The highest BCUT2D eigenvalue weighted by Crippen LogP contribution is 2.47. The van der Waals surface area contributed by atoms with Gasteiger partial charge in [-0.15, -0.1) is 0 Å². The van der Waals surface area contributed by atoms with E-state index in [0.29, 0.717) is 42.3 Å². The molecule has 4 amide bonds. The van der Waals surface area contributed by atoms with Crippen LogP contribution in [-0.4, -0.2) is 82.7 Å². The molecule has 3 fully saturated rings. The van der Waals surface area contributed by atoms with E-state index < -0.39 is 79.6 Å². The summed E-state index contributed by atoms with van der Waals surface area (Å²) in [6, 6.07) is 2.03. The van der Waals surface area contributed by atoms with Crippen molar-refractivity contribution in [1.82, 2.24) is 25.2 Å². The van der Waals surface area contributed by atoms with Crippen molar-refractivity contribution in [2.45, 2.75) is 120 Å². The highest BCUT2D eigenvalue weighted by Gasteiger charge is 2.63. The van der Waals surface area contributed by atoms with Gasteiger partial charge in [0, 0.05) is 12.3 Å². The molecule has 1 aromatic carbocycles. The van der Waals surface area contributed by atoms with Crippen LogP contribution in [0.25, 0.3) is 10.2 Å². The van der Waals surface area contributed by atoms with Gasteiger partial charge in [-0.25, -0.2) is 22.6 Å². The number of hydrogen-bond acceptors (Lipinski definition) is 10. The van der Waals surface area contributed by atoms with Crippen molar-refractivity contribution in [3.63, 3.8) is 0 Å². The van der Waals surface area contributed by atoms with Crippen LogP contribution < -0.4 is 20.1 Å². The lowest BCUT2D eigenvalue weighted by Gasteiger charge is -2.30. The first-order chi connectivity index (χ1) is 23.5. The number of carbonyl (C=O) groups is 4. The van der Waals surface area contributed by atoms with E-state index in [1.807, 2.05) is 12.2 Å². The summed E-state index contributed by atoms with van der Waals surface area (Å²) in [4.78, 5) is 60.9. The second kappa shape index (κ2) is 13.4. The van der Waals surface area contributed by atoms with Crippen molar-refractivity contribution in [2.75, 3.05) is 6.54 Å². The van der Waals surface area contributed by atoms with Gasteiger partial charge in [-0.05, 0) is 84.4 Å². The molecule has 5 atom stereocenters. The third-order valence-electron chi connectivity index (χ3n) is 9.76. The summed E-state index contributed by atoms with van der Waals surface area (Å²) in [6.07, 6.45) is 6.50. The van der Waals surface area contributed by atoms with Gasteiger partial charge in [0.2, 0.25) is 21.8 Å². The first-order valence-electron chi connectivity index (χ1n) is 17.1. The maximum Gasteiger partial charge on any atom is 0.408 e. The van der Waals surface area contributed by atoms with Crippen LogP contribution in [0.3, 0.4) is 0 Å². The number of fused-ring (bicyclic) bond motifs is 3. The molecule has 13 nitrogen and oxygen atoms in total. The Morgan fingerprint density at radius 2 is 1.92 bits per heavy atom. The van der Waals surface area contributed by atoms with Gasteiger partial charge >= 0.3 is 6.09 Å². The monoisotopic (exact) mass is 733 g/mol. The maximum atomic E-state index is 14.3. The predicted molar refractivity (Wildman–Crippen MR) is 183 cm³/mol. The smallest absolute Gasteiger partial charge is 0.408 e. The SMILES string of the molecule is CC(C)(C)OC(=O)N[C@H]1CCCCC/C=C\[C@@H]2C[C@@]2(C(=O)NS(=O)(=O)C2(C)CC2)NC(=O)[C@@H]2C[C@@H](Oc3nc4ccc(F)cc4s3)CN2C1=O. The number of halogens is 1. The molecule has 0 spiro atoms. The highest BCUT2D eigenvalue weighted by atomic mass is 32.2. The molecule has 50 heavy (non-hydrogen) atoms. The van der Waals surface area contributed by atoms with Gasteiger partial charge < -0.3 is 25.0 Å². The van der Waals surface area contributed by atoms with Gasteiger partial charge in [-0.1, -0.05) is 36.3 Å². The van der Waals surface area contributed by atoms with Crippen molar-refractivity contribution in [3.8, 4) is 5.19 Å². The summed E-state index contributed by atoms with van der Waals surface area (Å²) >= 11 is 1.13. The summed E-state index contributed by atoms with van der Waals surface area (Å²) in [5.74, 6) is -2.84. The molecule has 272 valence electrons. The zero-order valence-corrected chi connectivity index (χ0v) is 30.3. The lowest BCUT2D eigenvalue weighted by atomic mass is 10.0. The largest absolute Gasteiger partial charge is 0.465 e. The van der Waals surface area contributed by atoms with Gasteiger partial charge in [0.05, 0.1) is 21.5 Å². The number of benzene rings is 1. The third-order valence-corrected chi connectivity index (χ3v) is 12.8. The number of allylic oxidation sites excluding steroid dienone is 1. The molecular weight excluding hydrogens is 690 g/mol. The highest BCUT2D eigenvalue weighted by molar-refractivity contribution is 7.91. The zero-order chi connectivity index (χ0) is 36.1. The molecule has 1 aromatic heterocycles. The second-order valence-corrected chi connectivity index (χ2v) is 18.2. The molecule has 2 aliphatic carbocycles. The second-order valence-electron chi connectivity index (χ2n) is 15.0. The minimum Gasteiger partial charge on any atom is -0.465 e. The molecule has 2 aliphatic heterocycles. The molecule has 0 unspecified atom stereocenters. The molecule has 2 saturated carbocycles. The molecule has 1 saturated heterocycles.